The van der Waals surface area contributed by atoms with Gasteiger partial charge in [0.05, 0.1) is 30.7 Å². The average Bonchev–Trinajstić information content (AvgIpc) is 2.86. The number of benzene rings is 2. The molecule has 2 heterocycles. The highest BCUT2D eigenvalue weighted by atomic mass is 17.0. The van der Waals surface area contributed by atoms with Gasteiger partial charge in [-0.2, -0.15) is 0 Å². The third-order valence-electron chi connectivity index (χ3n) is 6.15. The number of fused-ring (bicyclic) bond motifs is 1. The van der Waals surface area contributed by atoms with Crippen LogP contribution in [0.25, 0.3) is 11.0 Å². The Hall–Kier alpha value is -2.83. The third kappa shape index (κ3) is 5.24. The summed E-state index contributed by atoms with van der Waals surface area (Å²) in [6.45, 7) is 1.53. The van der Waals surface area contributed by atoms with E-state index in [-0.39, 0.29) is 29.9 Å². The van der Waals surface area contributed by atoms with Gasteiger partial charge in [-0.15, -0.1) is 0 Å². The summed E-state index contributed by atoms with van der Waals surface area (Å²) in [6.07, 6.45) is -5.24. The average molecular weight is 488 g/mol. The second kappa shape index (κ2) is 10.8. The second-order valence-corrected chi connectivity index (χ2v) is 8.52. The molecule has 0 spiro atoms. The van der Waals surface area contributed by atoms with E-state index in [2.05, 4.69) is 0 Å². The molecule has 3 aromatic rings. The topological polar surface area (TPSA) is 142 Å². The number of para-hydroxylation sites is 1. The zero-order valence-corrected chi connectivity index (χ0v) is 19.4. The van der Waals surface area contributed by atoms with Crippen LogP contribution in [-0.2, 0) is 14.4 Å². The molecular weight excluding hydrogens is 458 g/mol. The van der Waals surface area contributed by atoms with E-state index in [0.29, 0.717) is 5.39 Å². The van der Waals surface area contributed by atoms with E-state index in [1.54, 1.807) is 31.2 Å². The van der Waals surface area contributed by atoms with Crippen molar-refractivity contribution in [2.45, 2.75) is 49.9 Å². The van der Waals surface area contributed by atoms with E-state index in [4.69, 9.17) is 18.8 Å². The van der Waals surface area contributed by atoms with Crippen molar-refractivity contribution in [2.75, 3.05) is 13.7 Å². The molecule has 2 aromatic carbocycles. The normalized spacial score (nSPS) is 24.5. The van der Waals surface area contributed by atoms with E-state index in [9.17, 15) is 25.2 Å². The van der Waals surface area contributed by atoms with Crippen molar-refractivity contribution in [3.05, 3.63) is 76.1 Å². The molecule has 188 valence electrons. The summed E-state index contributed by atoms with van der Waals surface area (Å²) in [6, 6.07) is 15.4. The molecule has 6 atom stereocenters. The van der Waals surface area contributed by atoms with Gasteiger partial charge < -0.3 is 29.6 Å². The highest BCUT2D eigenvalue weighted by Crippen LogP contribution is 2.37. The number of aliphatic hydroxyl groups is 3. The summed E-state index contributed by atoms with van der Waals surface area (Å²) in [5.74, 6) is -0.760. The first-order chi connectivity index (χ1) is 16.8. The van der Waals surface area contributed by atoms with Crippen LogP contribution in [0.1, 0.15) is 30.4 Å². The first-order valence-corrected chi connectivity index (χ1v) is 11.3. The number of hydrogen-bond donors (Lipinski definition) is 4. The summed E-state index contributed by atoms with van der Waals surface area (Å²) in [5.41, 5.74) is 0.492. The predicted octanol–water partition coefficient (Wildman–Crippen LogP) is 1.64. The van der Waals surface area contributed by atoms with Gasteiger partial charge in [0.1, 0.15) is 29.6 Å². The molecule has 0 saturated carbocycles. The van der Waals surface area contributed by atoms with Crippen molar-refractivity contribution in [2.24, 2.45) is 0 Å². The van der Waals surface area contributed by atoms with Crippen molar-refractivity contribution in [1.82, 2.24) is 5.23 Å². The maximum Gasteiger partial charge on any atom is 0.343 e. The largest absolute Gasteiger partial charge is 0.507 e. The highest BCUT2D eigenvalue weighted by molar-refractivity contribution is 5.84. The van der Waals surface area contributed by atoms with Crippen molar-refractivity contribution in [3.8, 4) is 5.75 Å². The molecule has 1 aromatic heterocycles. The lowest BCUT2D eigenvalue weighted by molar-refractivity contribution is -0.446. The van der Waals surface area contributed by atoms with E-state index < -0.39 is 42.2 Å². The van der Waals surface area contributed by atoms with Gasteiger partial charge in [0, 0.05) is 5.92 Å². The number of rotatable bonds is 8. The molecule has 1 saturated heterocycles. The van der Waals surface area contributed by atoms with Crippen LogP contribution >= 0.6 is 0 Å². The van der Waals surface area contributed by atoms with E-state index in [1.807, 2.05) is 30.3 Å². The third-order valence-corrected chi connectivity index (χ3v) is 6.15. The summed E-state index contributed by atoms with van der Waals surface area (Å²) in [5, 5.41) is 42.4. The van der Waals surface area contributed by atoms with Gasteiger partial charge in [-0.25, -0.2) is 9.63 Å². The summed E-state index contributed by atoms with van der Waals surface area (Å²) in [4.78, 5) is 24.0. The van der Waals surface area contributed by atoms with Gasteiger partial charge >= 0.3 is 5.63 Å². The predicted molar refractivity (Wildman–Crippen MR) is 124 cm³/mol. The first kappa shape index (κ1) is 25.3. The summed E-state index contributed by atoms with van der Waals surface area (Å²) >= 11 is 0. The van der Waals surface area contributed by atoms with Gasteiger partial charge in [0.25, 0.3) is 0 Å². The van der Waals surface area contributed by atoms with Gasteiger partial charge in [0.2, 0.25) is 6.29 Å². The molecule has 0 bridgehead atoms. The van der Waals surface area contributed by atoms with Crippen LogP contribution in [0.5, 0.6) is 5.75 Å². The highest BCUT2D eigenvalue weighted by Gasteiger charge is 2.40. The van der Waals surface area contributed by atoms with Gasteiger partial charge in [-0.3, -0.25) is 4.84 Å². The Labute approximate surface area is 201 Å². The van der Waals surface area contributed by atoms with Crippen molar-refractivity contribution in [1.29, 1.82) is 0 Å². The monoisotopic (exact) mass is 487 g/mol. The van der Waals surface area contributed by atoms with Crippen LogP contribution in [-0.4, -0.2) is 70.0 Å². The van der Waals surface area contributed by atoms with Crippen molar-refractivity contribution >= 4 is 11.0 Å². The fraction of sp³-hybridized carbons (Fsp3) is 0.400. The number of hydroxylamine groups is 2. The smallest absolute Gasteiger partial charge is 0.343 e. The fourth-order valence-corrected chi connectivity index (χ4v) is 4.29. The molecule has 1 fully saturated rings. The molecule has 3 unspecified atom stereocenters. The van der Waals surface area contributed by atoms with Crippen LogP contribution in [0.15, 0.2) is 63.8 Å². The Morgan fingerprint density at radius 1 is 1.06 bits per heavy atom. The molecule has 10 heteroatoms. The molecule has 4 N–H and O–H groups in total. The Bertz CT molecular complexity index is 1180. The fourth-order valence-electron chi connectivity index (χ4n) is 4.29. The molecular formula is C25H29NO9. The lowest BCUT2D eigenvalue weighted by Crippen LogP contribution is -2.55. The molecule has 4 rings (SSSR count). The standard InChI is InChI=1S/C25H29NO9/c1-14(26(32-2)35-25-23(30)22(29)18(27)13-33-25)12-17(15-8-4-3-5-9-15)20-21(28)16-10-6-7-11-19(16)34-24(20)31/h3-11,14,17-18,22-23,25,27-30H,12-13H2,1-2H3/t14?,17?,18-,22-,23+,25?/m0/s1. The zero-order chi connectivity index (χ0) is 25.1. The molecule has 0 aliphatic carbocycles. The van der Waals surface area contributed by atoms with Crippen molar-refractivity contribution < 1.29 is 39.3 Å². The Kier molecular flexibility index (Phi) is 7.82. The lowest BCUT2D eigenvalue weighted by atomic mass is 9.86. The maximum atomic E-state index is 13.0. The Morgan fingerprint density at radius 2 is 1.74 bits per heavy atom. The minimum Gasteiger partial charge on any atom is -0.507 e. The van der Waals surface area contributed by atoms with E-state index in [0.717, 1.165) is 10.8 Å². The SMILES string of the molecule is CON(OC1OC[C@H](O)[C@H](O)[C@H]1O)C(C)CC(c1ccccc1)c1c(O)c2ccccc2oc1=O. The molecule has 10 nitrogen and oxygen atoms in total. The van der Waals surface area contributed by atoms with Crippen LogP contribution in [0.4, 0.5) is 0 Å². The van der Waals surface area contributed by atoms with Gasteiger partial charge in [-0.1, -0.05) is 47.7 Å². The van der Waals surface area contributed by atoms with Crippen LogP contribution in [0.3, 0.4) is 0 Å². The van der Waals surface area contributed by atoms with E-state index >= 15 is 0 Å². The summed E-state index contributed by atoms with van der Waals surface area (Å²) in [7, 11) is 1.36. The molecule has 0 amide bonds. The number of ether oxygens (including phenoxy) is 1. The molecule has 1 aliphatic rings. The minimum absolute atomic E-state index is 0.102. The zero-order valence-electron chi connectivity index (χ0n) is 19.4. The number of aliphatic hydroxyl groups excluding tert-OH is 3. The second-order valence-electron chi connectivity index (χ2n) is 8.52. The van der Waals surface area contributed by atoms with Crippen LogP contribution in [0.2, 0.25) is 0 Å². The Morgan fingerprint density at radius 3 is 2.46 bits per heavy atom. The van der Waals surface area contributed by atoms with Gasteiger partial charge in [-0.05, 0) is 31.0 Å². The number of hydrogen-bond acceptors (Lipinski definition) is 10. The molecule has 1 aliphatic heterocycles. The molecule has 0 radical (unpaired) electrons. The molecule has 35 heavy (non-hydrogen) atoms. The minimum atomic E-state index is -1.51. The maximum absolute atomic E-state index is 13.0. The number of nitrogens with zero attached hydrogens (tertiary/aromatic N) is 1. The number of aromatic hydroxyl groups is 1. The van der Waals surface area contributed by atoms with E-state index in [1.165, 1.54) is 7.11 Å². The quantitative estimate of drug-likeness (QED) is 0.274. The van der Waals surface area contributed by atoms with Crippen LogP contribution in [0, 0.1) is 0 Å². The summed E-state index contributed by atoms with van der Waals surface area (Å²) < 4.78 is 10.8. The Balaban J connectivity index is 1.65. The van der Waals surface area contributed by atoms with Gasteiger partial charge in [0.15, 0.2) is 0 Å². The van der Waals surface area contributed by atoms with Crippen LogP contribution < -0.4 is 5.63 Å². The lowest BCUT2D eigenvalue weighted by Gasteiger charge is -2.38. The first-order valence-electron chi connectivity index (χ1n) is 11.3. The van der Waals surface area contributed by atoms with Crippen molar-refractivity contribution in [3.63, 3.8) is 0 Å².